The topological polar surface area (TPSA) is 92.0 Å². The Morgan fingerprint density at radius 3 is 2.56 bits per heavy atom. The summed E-state index contributed by atoms with van der Waals surface area (Å²) in [5, 5.41) is 18.1. The second-order valence-corrected chi connectivity index (χ2v) is 16.2. The molecule has 2 unspecified atom stereocenters. The fourth-order valence-electron chi connectivity index (χ4n) is 10.7. The third kappa shape index (κ3) is 5.36. The largest absolute Gasteiger partial charge is 0.508 e. The van der Waals surface area contributed by atoms with Gasteiger partial charge in [0.15, 0.2) is 5.82 Å². The monoisotopic (exact) mass is 741 g/mol. The zero-order chi connectivity index (χ0) is 36.9. The molecule has 5 fully saturated rings. The minimum Gasteiger partial charge on any atom is -0.508 e. The van der Waals surface area contributed by atoms with Crippen molar-refractivity contribution in [2.45, 2.75) is 88.1 Å². The van der Waals surface area contributed by atoms with Crippen molar-refractivity contribution in [1.82, 2.24) is 29.5 Å². The predicted octanol–water partition coefficient (Wildman–Crippen LogP) is 6.67. The molecule has 0 aliphatic carbocycles. The molecule has 10 rings (SSSR count). The normalized spacial score (nSPS) is 26.5. The van der Waals surface area contributed by atoms with Gasteiger partial charge in [-0.2, -0.15) is 15.1 Å². The number of ether oxygens (including phenoxy) is 2. The number of likely N-dealkylation sites (tertiary alicyclic amines) is 1. The van der Waals surface area contributed by atoms with Crippen LogP contribution in [-0.2, 0) is 18.2 Å². The molecule has 2 aromatic heterocycles. The van der Waals surface area contributed by atoms with Crippen molar-refractivity contribution in [3.05, 3.63) is 47.7 Å². The number of aromatic nitrogens is 4. The number of hydrogen-bond acceptors (Lipinski definition) is 9. The zero-order valence-corrected chi connectivity index (χ0v) is 30.8. The van der Waals surface area contributed by atoms with E-state index in [1.807, 2.05) is 13.1 Å². The van der Waals surface area contributed by atoms with E-state index in [9.17, 15) is 9.50 Å². The summed E-state index contributed by atoms with van der Waals surface area (Å²) in [5.41, 5.74) is 0.938. The highest BCUT2D eigenvalue weighted by Gasteiger charge is 2.50. The van der Waals surface area contributed by atoms with E-state index in [1.165, 1.54) is 12.1 Å². The van der Waals surface area contributed by atoms with Gasteiger partial charge in [0.2, 0.25) is 0 Å². The highest BCUT2D eigenvalue weighted by Crippen LogP contribution is 2.47. The van der Waals surface area contributed by atoms with Gasteiger partial charge >= 0.3 is 6.01 Å². The number of hydrogen-bond donors (Lipinski definition) is 1. The maximum absolute atomic E-state index is 17.9. The number of phenols is 1. The molecule has 1 N–H and O–H groups in total. The number of rotatable bonds is 7. The molecule has 4 atom stereocenters. The quantitative estimate of drug-likeness (QED) is 0.197. The summed E-state index contributed by atoms with van der Waals surface area (Å²) >= 11 is 0. The summed E-state index contributed by atoms with van der Waals surface area (Å²) in [5.74, 6) is -0.478. The molecule has 5 saturated heterocycles. The SMILES string of the molecule is CCc1c(F)ccc2cc(O)cc(-c3c(F)c4nc(OC[C@@]56CCCN5C[C@H](F)C6)nc(N5C6CCC5CN(C5CCOCC5)C6)c4c4cn(C)nc34)c12. The Morgan fingerprint density at radius 2 is 1.78 bits per heavy atom. The van der Waals surface area contributed by atoms with Crippen LogP contribution in [0.15, 0.2) is 30.5 Å². The lowest BCUT2D eigenvalue weighted by molar-refractivity contribution is 0.0262. The Balaban J connectivity index is 1.18. The Labute approximate surface area is 311 Å². The van der Waals surface area contributed by atoms with E-state index in [2.05, 4.69) is 14.7 Å². The number of benzene rings is 3. The van der Waals surface area contributed by atoms with Crippen molar-refractivity contribution in [2.75, 3.05) is 50.9 Å². The van der Waals surface area contributed by atoms with Crippen LogP contribution >= 0.6 is 0 Å². The van der Waals surface area contributed by atoms with E-state index in [0.29, 0.717) is 69.4 Å². The molecular formula is C41H46F3N7O3. The van der Waals surface area contributed by atoms with Crippen LogP contribution in [0.5, 0.6) is 11.8 Å². The number of nitrogens with zero attached hydrogens (tertiary/aromatic N) is 7. The number of halogens is 3. The molecule has 10 nitrogen and oxygen atoms in total. The van der Waals surface area contributed by atoms with Crippen molar-refractivity contribution in [3.63, 3.8) is 0 Å². The Bertz CT molecular complexity index is 2280. The summed E-state index contributed by atoms with van der Waals surface area (Å²) < 4.78 is 61.9. The number of aromatic hydroxyl groups is 1. The smallest absolute Gasteiger partial charge is 0.319 e. The van der Waals surface area contributed by atoms with Crippen LogP contribution < -0.4 is 9.64 Å². The molecule has 13 heteroatoms. The summed E-state index contributed by atoms with van der Waals surface area (Å²) in [6, 6.07) is 6.91. The van der Waals surface area contributed by atoms with Crippen LogP contribution in [0.3, 0.4) is 0 Å². The van der Waals surface area contributed by atoms with Crippen LogP contribution in [0.25, 0.3) is 43.7 Å². The molecular weight excluding hydrogens is 695 g/mol. The molecule has 284 valence electrons. The van der Waals surface area contributed by atoms with Gasteiger partial charge in [-0.25, -0.2) is 13.2 Å². The van der Waals surface area contributed by atoms with E-state index < -0.39 is 23.3 Å². The number of phenolic OH excluding ortho intramolecular Hbond substituents is 1. The maximum Gasteiger partial charge on any atom is 0.319 e. The molecule has 5 aliphatic rings. The van der Waals surface area contributed by atoms with Gasteiger partial charge in [0.25, 0.3) is 0 Å². The number of anilines is 1. The Kier molecular flexibility index (Phi) is 8.22. The fourth-order valence-corrected chi connectivity index (χ4v) is 10.7. The van der Waals surface area contributed by atoms with Gasteiger partial charge in [-0.3, -0.25) is 14.5 Å². The first-order valence-electron chi connectivity index (χ1n) is 19.6. The second-order valence-electron chi connectivity index (χ2n) is 16.2. The first-order chi connectivity index (χ1) is 26.2. The number of fused-ring (bicyclic) bond motifs is 7. The fraction of sp³-hybridized carbons (Fsp3) is 0.537. The lowest BCUT2D eigenvalue weighted by Gasteiger charge is -2.46. The van der Waals surface area contributed by atoms with Gasteiger partial charge in [-0.05, 0) is 91.6 Å². The van der Waals surface area contributed by atoms with Gasteiger partial charge in [0, 0.05) is 81.6 Å². The lowest BCUT2D eigenvalue weighted by atomic mass is 9.90. The average Bonchev–Trinajstić information content (AvgIpc) is 3.89. The predicted molar refractivity (Wildman–Crippen MR) is 201 cm³/mol. The van der Waals surface area contributed by atoms with E-state index in [0.717, 1.165) is 71.4 Å². The summed E-state index contributed by atoms with van der Waals surface area (Å²) in [6.45, 7) is 6.59. The number of alkyl halides is 1. The molecule has 5 aliphatic heterocycles. The van der Waals surface area contributed by atoms with E-state index in [-0.39, 0.29) is 41.5 Å². The average molecular weight is 742 g/mol. The first-order valence-corrected chi connectivity index (χ1v) is 19.6. The summed E-state index contributed by atoms with van der Waals surface area (Å²) in [7, 11) is 1.80. The summed E-state index contributed by atoms with van der Waals surface area (Å²) in [6.07, 6.45) is 7.51. The van der Waals surface area contributed by atoms with E-state index >= 15 is 8.78 Å². The van der Waals surface area contributed by atoms with Crippen LogP contribution in [0.4, 0.5) is 19.0 Å². The second kappa shape index (κ2) is 12.9. The highest BCUT2D eigenvalue weighted by molar-refractivity contribution is 6.18. The minimum atomic E-state index is -0.918. The van der Waals surface area contributed by atoms with Crippen LogP contribution in [0.1, 0.15) is 57.4 Å². The molecule has 54 heavy (non-hydrogen) atoms. The van der Waals surface area contributed by atoms with Crippen molar-refractivity contribution < 1.29 is 27.8 Å². The van der Waals surface area contributed by atoms with Crippen molar-refractivity contribution >= 4 is 38.4 Å². The third-order valence-electron chi connectivity index (χ3n) is 13.1. The van der Waals surface area contributed by atoms with Crippen molar-refractivity contribution in [2.24, 2.45) is 7.05 Å². The van der Waals surface area contributed by atoms with Gasteiger partial charge in [-0.1, -0.05) is 13.0 Å². The standard InChI is InChI=1S/C41H46F3N7O3/c1-3-29-32(43)8-5-23-15-28(52)16-30(33(23)29)34-36(44)38-35(31-21-48(2)47-37(31)34)39(46-40(45-38)54-22-41-11-4-12-50(41)18-24(42)17-41)51-26-6-7-27(51)20-49(19-26)25-9-13-53-14-10-25/h5,8,15-16,21,24-27,52H,3-4,6-7,9-14,17-20,22H2,1-2H3/t24-,26?,27?,41+/m1/s1. The van der Waals surface area contributed by atoms with Crippen LogP contribution in [0.2, 0.25) is 0 Å². The Morgan fingerprint density at radius 1 is 0.981 bits per heavy atom. The van der Waals surface area contributed by atoms with E-state index in [1.54, 1.807) is 23.9 Å². The molecule has 3 aromatic carbocycles. The van der Waals surface area contributed by atoms with Crippen LogP contribution in [0, 0.1) is 11.6 Å². The third-order valence-corrected chi connectivity index (χ3v) is 13.1. The highest BCUT2D eigenvalue weighted by atomic mass is 19.1. The zero-order valence-electron chi connectivity index (χ0n) is 30.8. The molecule has 7 heterocycles. The molecule has 2 bridgehead atoms. The molecule has 0 radical (unpaired) electrons. The maximum atomic E-state index is 17.9. The summed E-state index contributed by atoms with van der Waals surface area (Å²) in [4.78, 5) is 17.2. The van der Waals surface area contributed by atoms with Gasteiger partial charge in [-0.15, -0.1) is 0 Å². The molecule has 0 amide bonds. The molecule has 0 spiro atoms. The molecule has 0 saturated carbocycles. The molecule has 5 aromatic rings. The van der Waals surface area contributed by atoms with Crippen molar-refractivity contribution in [3.8, 4) is 22.9 Å². The Hall–Kier alpha value is -4.20. The minimum absolute atomic E-state index is 0.0569. The van der Waals surface area contributed by atoms with E-state index in [4.69, 9.17) is 24.5 Å². The first kappa shape index (κ1) is 34.3. The van der Waals surface area contributed by atoms with Gasteiger partial charge in [0.1, 0.15) is 41.2 Å². The van der Waals surface area contributed by atoms with Crippen LogP contribution in [-0.4, -0.2) is 110 Å². The number of aryl methyl sites for hydroxylation is 2. The van der Waals surface area contributed by atoms with Gasteiger partial charge < -0.3 is 19.5 Å². The van der Waals surface area contributed by atoms with Gasteiger partial charge in [0.05, 0.1) is 10.9 Å². The lowest BCUT2D eigenvalue weighted by Crippen LogP contribution is -2.57. The van der Waals surface area contributed by atoms with Crippen molar-refractivity contribution in [1.29, 1.82) is 0 Å². The number of piperazine rings is 1.